The topological polar surface area (TPSA) is 127 Å². The normalized spacial score (nSPS) is 11.2. The fraction of sp³-hybridized carbons (Fsp3) is 0.100. The van der Waals surface area contributed by atoms with Crippen LogP contribution in [0.4, 0.5) is 11.4 Å². The third-order valence-electron chi connectivity index (χ3n) is 2.43. The minimum absolute atomic E-state index is 0.0854. The molecule has 0 amide bonds. The second-order valence-corrected chi connectivity index (χ2v) is 5.60. The van der Waals surface area contributed by atoms with Gasteiger partial charge in [0.15, 0.2) is 0 Å². The zero-order valence-electron chi connectivity index (χ0n) is 10.2. The van der Waals surface area contributed by atoms with E-state index < -0.39 is 20.7 Å². The second-order valence-electron chi connectivity index (χ2n) is 3.91. The molecule has 2 aromatic rings. The van der Waals surface area contributed by atoms with Gasteiger partial charge in [-0.05, 0) is 6.07 Å². The van der Waals surface area contributed by atoms with Crippen LogP contribution in [-0.2, 0) is 17.1 Å². The average Bonchev–Trinajstić information content (AvgIpc) is 2.79. The number of nitrogens with one attached hydrogen (secondary N) is 1. The number of aromatic nitrogens is 2. The second kappa shape index (κ2) is 4.81. The summed E-state index contributed by atoms with van der Waals surface area (Å²) >= 11 is 0. The number of phenolic OH excluding ortho intramolecular Hbond substituents is 1. The Labute approximate surface area is 113 Å². The number of nitro benzene ring substituents is 1. The Kier molecular flexibility index (Phi) is 3.32. The van der Waals surface area contributed by atoms with E-state index in [0.29, 0.717) is 0 Å². The van der Waals surface area contributed by atoms with Gasteiger partial charge in [-0.15, -0.1) is 0 Å². The van der Waals surface area contributed by atoms with E-state index in [4.69, 9.17) is 0 Å². The first-order valence-electron chi connectivity index (χ1n) is 5.28. The van der Waals surface area contributed by atoms with Crippen molar-refractivity contribution in [3.8, 4) is 5.75 Å². The molecule has 0 bridgehead atoms. The number of non-ortho nitro benzene ring substituents is 1. The molecule has 20 heavy (non-hydrogen) atoms. The molecule has 106 valence electrons. The predicted octanol–water partition coefficient (Wildman–Crippen LogP) is 0.835. The van der Waals surface area contributed by atoms with E-state index in [1.54, 1.807) is 7.05 Å². The first kappa shape index (κ1) is 13.8. The SMILES string of the molecule is Cn1cc(S(=O)(=O)Nc2ccc([N+](=O)[O-])cc2O)cn1. The molecular formula is C10H10N4O5S. The van der Waals surface area contributed by atoms with Crippen molar-refractivity contribution in [1.82, 2.24) is 9.78 Å². The molecule has 0 aliphatic rings. The highest BCUT2D eigenvalue weighted by atomic mass is 32.2. The molecule has 1 heterocycles. The van der Waals surface area contributed by atoms with Crippen LogP contribution in [0.3, 0.4) is 0 Å². The molecule has 0 fully saturated rings. The van der Waals surface area contributed by atoms with E-state index in [-0.39, 0.29) is 16.3 Å². The van der Waals surface area contributed by atoms with Crippen LogP contribution in [0, 0.1) is 10.1 Å². The van der Waals surface area contributed by atoms with Crippen LogP contribution in [0.15, 0.2) is 35.5 Å². The molecular weight excluding hydrogens is 288 g/mol. The van der Waals surface area contributed by atoms with Crippen LogP contribution in [-0.4, -0.2) is 28.2 Å². The maximum Gasteiger partial charge on any atom is 0.273 e. The molecule has 10 heteroatoms. The lowest BCUT2D eigenvalue weighted by Gasteiger charge is -2.07. The van der Waals surface area contributed by atoms with Gasteiger partial charge in [0.25, 0.3) is 15.7 Å². The minimum Gasteiger partial charge on any atom is -0.505 e. The summed E-state index contributed by atoms with van der Waals surface area (Å²) < 4.78 is 27.4. The van der Waals surface area contributed by atoms with E-state index in [1.165, 1.54) is 10.9 Å². The number of benzene rings is 1. The number of anilines is 1. The molecule has 0 radical (unpaired) electrons. The lowest BCUT2D eigenvalue weighted by atomic mass is 10.3. The summed E-state index contributed by atoms with van der Waals surface area (Å²) in [6.07, 6.45) is 2.43. The van der Waals surface area contributed by atoms with Crippen LogP contribution in [0.5, 0.6) is 5.75 Å². The number of nitrogens with zero attached hydrogens (tertiary/aromatic N) is 3. The Bertz CT molecular complexity index is 768. The van der Waals surface area contributed by atoms with Gasteiger partial charge in [0.1, 0.15) is 10.6 Å². The number of hydrogen-bond donors (Lipinski definition) is 2. The van der Waals surface area contributed by atoms with Crippen molar-refractivity contribution in [3.63, 3.8) is 0 Å². The molecule has 0 aliphatic carbocycles. The Morgan fingerprint density at radius 2 is 2.15 bits per heavy atom. The highest BCUT2D eigenvalue weighted by Gasteiger charge is 2.19. The Balaban J connectivity index is 2.32. The van der Waals surface area contributed by atoms with Gasteiger partial charge < -0.3 is 5.11 Å². The van der Waals surface area contributed by atoms with Crippen molar-refractivity contribution in [1.29, 1.82) is 0 Å². The summed E-state index contributed by atoms with van der Waals surface area (Å²) in [5.41, 5.74) is -0.494. The summed E-state index contributed by atoms with van der Waals surface area (Å²) in [6.45, 7) is 0. The zero-order valence-corrected chi connectivity index (χ0v) is 11.0. The Hall–Kier alpha value is -2.62. The molecule has 1 aromatic carbocycles. The van der Waals surface area contributed by atoms with E-state index >= 15 is 0 Å². The molecule has 1 aromatic heterocycles. The number of aromatic hydroxyl groups is 1. The van der Waals surface area contributed by atoms with Gasteiger partial charge in [-0.2, -0.15) is 5.10 Å². The quantitative estimate of drug-likeness (QED) is 0.489. The fourth-order valence-corrected chi connectivity index (χ4v) is 2.52. The lowest BCUT2D eigenvalue weighted by molar-refractivity contribution is -0.384. The van der Waals surface area contributed by atoms with Crippen molar-refractivity contribution >= 4 is 21.4 Å². The van der Waals surface area contributed by atoms with Gasteiger partial charge in [-0.1, -0.05) is 0 Å². The average molecular weight is 298 g/mol. The van der Waals surface area contributed by atoms with Gasteiger partial charge in [-0.3, -0.25) is 19.5 Å². The molecule has 0 spiro atoms. The van der Waals surface area contributed by atoms with Crippen LogP contribution >= 0.6 is 0 Å². The largest absolute Gasteiger partial charge is 0.505 e. The van der Waals surface area contributed by atoms with Gasteiger partial charge in [-0.25, -0.2) is 8.42 Å². The number of aryl methyl sites for hydroxylation is 1. The molecule has 0 atom stereocenters. The molecule has 2 rings (SSSR count). The Morgan fingerprint density at radius 3 is 2.65 bits per heavy atom. The minimum atomic E-state index is -3.91. The zero-order chi connectivity index (χ0) is 14.9. The highest BCUT2D eigenvalue weighted by molar-refractivity contribution is 7.92. The number of rotatable bonds is 4. The van der Waals surface area contributed by atoms with Crippen molar-refractivity contribution < 1.29 is 18.4 Å². The lowest BCUT2D eigenvalue weighted by Crippen LogP contribution is -2.12. The van der Waals surface area contributed by atoms with E-state index in [0.717, 1.165) is 24.4 Å². The third kappa shape index (κ3) is 2.69. The third-order valence-corrected chi connectivity index (χ3v) is 3.75. The summed E-state index contributed by atoms with van der Waals surface area (Å²) in [4.78, 5) is 9.74. The molecule has 0 saturated carbocycles. The summed E-state index contributed by atoms with van der Waals surface area (Å²) in [6, 6.07) is 3.06. The molecule has 0 saturated heterocycles. The Morgan fingerprint density at radius 1 is 1.45 bits per heavy atom. The molecule has 0 aliphatic heterocycles. The first-order chi connectivity index (χ1) is 9.29. The fourth-order valence-electron chi connectivity index (χ4n) is 1.46. The van der Waals surface area contributed by atoms with E-state index in [1.807, 2.05) is 0 Å². The predicted molar refractivity (Wildman–Crippen MR) is 68.8 cm³/mol. The monoisotopic (exact) mass is 298 g/mol. The smallest absolute Gasteiger partial charge is 0.273 e. The van der Waals surface area contributed by atoms with Crippen molar-refractivity contribution in [3.05, 3.63) is 40.7 Å². The number of sulfonamides is 1. The van der Waals surface area contributed by atoms with Gasteiger partial charge in [0.05, 0.1) is 22.9 Å². The number of nitro groups is 1. The molecule has 2 N–H and O–H groups in total. The van der Waals surface area contributed by atoms with E-state index in [9.17, 15) is 23.6 Å². The van der Waals surface area contributed by atoms with Gasteiger partial charge >= 0.3 is 0 Å². The van der Waals surface area contributed by atoms with Crippen LogP contribution < -0.4 is 4.72 Å². The van der Waals surface area contributed by atoms with Gasteiger partial charge in [0, 0.05) is 19.3 Å². The molecule has 9 nitrogen and oxygen atoms in total. The number of phenols is 1. The van der Waals surface area contributed by atoms with Crippen molar-refractivity contribution in [2.24, 2.45) is 7.05 Å². The highest BCUT2D eigenvalue weighted by Crippen LogP contribution is 2.29. The maximum absolute atomic E-state index is 12.0. The summed E-state index contributed by atoms with van der Waals surface area (Å²) in [5, 5.41) is 23.9. The van der Waals surface area contributed by atoms with Crippen molar-refractivity contribution in [2.75, 3.05) is 4.72 Å². The van der Waals surface area contributed by atoms with Gasteiger partial charge in [0.2, 0.25) is 0 Å². The summed E-state index contributed by atoms with van der Waals surface area (Å²) in [7, 11) is -2.35. The van der Waals surface area contributed by atoms with Crippen LogP contribution in [0.1, 0.15) is 0 Å². The number of hydrogen-bond acceptors (Lipinski definition) is 6. The van der Waals surface area contributed by atoms with Crippen LogP contribution in [0.2, 0.25) is 0 Å². The van der Waals surface area contributed by atoms with Crippen molar-refractivity contribution in [2.45, 2.75) is 4.90 Å². The van der Waals surface area contributed by atoms with E-state index in [2.05, 4.69) is 9.82 Å². The van der Waals surface area contributed by atoms with Crippen LogP contribution in [0.25, 0.3) is 0 Å². The first-order valence-corrected chi connectivity index (χ1v) is 6.77. The summed E-state index contributed by atoms with van der Waals surface area (Å²) in [5.74, 6) is -0.535. The maximum atomic E-state index is 12.0. The molecule has 0 unspecified atom stereocenters. The standard InChI is InChI=1S/C10H10N4O5S/c1-13-6-8(5-11-13)20(18,19)12-9-3-2-7(14(16)17)4-10(9)15/h2-6,12,15H,1H3.